The molecule has 1 N–H and O–H groups in total. The van der Waals surface area contributed by atoms with Gasteiger partial charge in [-0.05, 0) is 5.92 Å². The van der Waals surface area contributed by atoms with Gasteiger partial charge in [0.25, 0.3) is 5.91 Å². The Morgan fingerprint density at radius 1 is 1.53 bits per heavy atom. The van der Waals surface area contributed by atoms with Crippen molar-refractivity contribution in [1.29, 1.82) is 0 Å². The lowest BCUT2D eigenvalue weighted by molar-refractivity contribution is -0.123. The van der Waals surface area contributed by atoms with Gasteiger partial charge in [-0.25, -0.2) is 4.98 Å². The van der Waals surface area contributed by atoms with Gasteiger partial charge in [0.2, 0.25) is 0 Å². The van der Waals surface area contributed by atoms with Gasteiger partial charge in [0, 0.05) is 6.42 Å². The third-order valence-corrected chi connectivity index (χ3v) is 1.82. The zero-order valence-corrected chi connectivity index (χ0v) is 9.47. The second kappa shape index (κ2) is 5.20. The largest absolute Gasteiger partial charge is 0.448 e. The fourth-order valence-corrected chi connectivity index (χ4v) is 1.13. The van der Waals surface area contributed by atoms with Crippen LogP contribution in [0.3, 0.4) is 0 Å². The SMILES string of the molecule is CC(C)Cc1nc(C(=O)NCC(F)(F)F)co1. The molecule has 7 heteroatoms. The quantitative estimate of drug-likeness (QED) is 0.890. The highest BCUT2D eigenvalue weighted by molar-refractivity contribution is 5.91. The number of amides is 1. The molecule has 0 spiro atoms. The third kappa shape index (κ3) is 4.88. The van der Waals surface area contributed by atoms with E-state index in [-0.39, 0.29) is 5.69 Å². The summed E-state index contributed by atoms with van der Waals surface area (Å²) in [5.74, 6) is -0.252. The Morgan fingerprint density at radius 3 is 2.71 bits per heavy atom. The maximum atomic E-state index is 11.9. The molecule has 0 bridgehead atoms. The summed E-state index contributed by atoms with van der Waals surface area (Å²) in [4.78, 5) is 15.1. The Kier molecular flexibility index (Phi) is 4.14. The predicted octanol–water partition coefficient (Wildman–Crippen LogP) is 2.17. The number of nitrogens with one attached hydrogen (secondary N) is 1. The van der Waals surface area contributed by atoms with Crippen molar-refractivity contribution in [2.24, 2.45) is 5.92 Å². The number of aromatic nitrogens is 1. The van der Waals surface area contributed by atoms with Gasteiger partial charge in [0.05, 0.1) is 0 Å². The molecule has 0 fully saturated rings. The van der Waals surface area contributed by atoms with E-state index in [9.17, 15) is 18.0 Å². The summed E-state index contributed by atoms with van der Waals surface area (Å²) in [5, 5.41) is 1.72. The van der Waals surface area contributed by atoms with Crippen molar-refractivity contribution in [3.63, 3.8) is 0 Å². The first-order chi connectivity index (χ1) is 7.78. The van der Waals surface area contributed by atoms with Crippen molar-refractivity contribution in [2.45, 2.75) is 26.4 Å². The summed E-state index contributed by atoms with van der Waals surface area (Å²) in [7, 11) is 0. The van der Waals surface area contributed by atoms with Crippen LogP contribution in [0.4, 0.5) is 13.2 Å². The van der Waals surface area contributed by atoms with Crippen molar-refractivity contribution in [1.82, 2.24) is 10.3 Å². The highest BCUT2D eigenvalue weighted by Crippen LogP contribution is 2.13. The molecule has 0 atom stereocenters. The van der Waals surface area contributed by atoms with Gasteiger partial charge >= 0.3 is 6.18 Å². The van der Waals surface area contributed by atoms with E-state index in [1.807, 2.05) is 13.8 Å². The number of rotatable bonds is 4. The molecule has 0 aliphatic heterocycles. The van der Waals surface area contributed by atoms with E-state index in [2.05, 4.69) is 4.98 Å². The molecular weight excluding hydrogens is 237 g/mol. The molecule has 96 valence electrons. The molecule has 17 heavy (non-hydrogen) atoms. The van der Waals surface area contributed by atoms with Gasteiger partial charge in [0.1, 0.15) is 12.8 Å². The van der Waals surface area contributed by atoms with Crippen LogP contribution in [-0.4, -0.2) is 23.6 Å². The summed E-state index contributed by atoms with van der Waals surface area (Å²) in [6.45, 7) is 2.50. The highest BCUT2D eigenvalue weighted by atomic mass is 19.4. The van der Waals surface area contributed by atoms with Crippen LogP contribution in [0.5, 0.6) is 0 Å². The van der Waals surface area contributed by atoms with Gasteiger partial charge in [0.15, 0.2) is 11.6 Å². The number of alkyl halides is 3. The smallest absolute Gasteiger partial charge is 0.405 e. The van der Waals surface area contributed by atoms with Crippen LogP contribution < -0.4 is 5.32 Å². The minimum Gasteiger partial charge on any atom is -0.448 e. The second-order valence-electron chi connectivity index (χ2n) is 4.02. The first-order valence-electron chi connectivity index (χ1n) is 5.07. The maximum Gasteiger partial charge on any atom is 0.405 e. The topological polar surface area (TPSA) is 55.1 Å². The van der Waals surface area contributed by atoms with Crippen molar-refractivity contribution >= 4 is 5.91 Å². The Hall–Kier alpha value is -1.53. The van der Waals surface area contributed by atoms with Crippen LogP contribution in [0, 0.1) is 5.92 Å². The van der Waals surface area contributed by atoms with Crippen LogP contribution in [0.25, 0.3) is 0 Å². The minimum atomic E-state index is -4.43. The Balaban J connectivity index is 2.55. The predicted molar refractivity (Wildman–Crippen MR) is 53.4 cm³/mol. The molecule has 0 unspecified atom stereocenters. The first-order valence-corrected chi connectivity index (χ1v) is 5.07. The summed E-state index contributed by atoms with van der Waals surface area (Å²) in [5.41, 5.74) is -0.134. The van der Waals surface area contributed by atoms with Crippen LogP contribution in [0.2, 0.25) is 0 Å². The van der Waals surface area contributed by atoms with Crippen molar-refractivity contribution < 1.29 is 22.4 Å². The van der Waals surface area contributed by atoms with Crippen LogP contribution in [0.15, 0.2) is 10.7 Å². The molecule has 0 radical (unpaired) electrons. The van der Waals surface area contributed by atoms with Crippen molar-refractivity contribution in [2.75, 3.05) is 6.54 Å². The van der Waals surface area contributed by atoms with E-state index in [4.69, 9.17) is 4.42 Å². The molecule has 0 saturated carbocycles. The molecule has 4 nitrogen and oxygen atoms in total. The molecule has 0 aromatic carbocycles. The highest BCUT2D eigenvalue weighted by Gasteiger charge is 2.28. The zero-order chi connectivity index (χ0) is 13.1. The summed E-state index contributed by atoms with van der Waals surface area (Å²) in [6, 6.07) is 0. The van der Waals surface area contributed by atoms with Crippen molar-refractivity contribution in [3.8, 4) is 0 Å². The van der Waals surface area contributed by atoms with Gasteiger partial charge in [-0.15, -0.1) is 0 Å². The number of carbonyl (C=O) groups excluding carboxylic acids is 1. The monoisotopic (exact) mass is 250 g/mol. The average Bonchev–Trinajstić information content (AvgIpc) is 2.60. The summed E-state index contributed by atoms with van der Waals surface area (Å²) < 4.78 is 40.5. The molecule has 1 rings (SSSR count). The zero-order valence-electron chi connectivity index (χ0n) is 9.47. The van der Waals surface area contributed by atoms with E-state index in [1.54, 1.807) is 5.32 Å². The molecule has 0 aliphatic rings. The fourth-order valence-electron chi connectivity index (χ4n) is 1.13. The lowest BCUT2D eigenvalue weighted by Crippen LogP contribution is -2.33. The Bertz CT molecular complexity index is 385. The Morgan fingerprint density at radius 2 is 2.18 bits per heavy atom. The van der Waals surface area contributed by atoms with Crippen LogP contribution >= 0.6 is 0 Å². The number of hydrogen-bond donors (Lipinski definition) is 1. The first kappa shape index (κ1) is 13.5. The van der Waals surface area contributed by atoms with E-state index in [0.29, 0.717) is 18.2 Å². The average molecular weight is 250 g/mol. The van der Waals surface area contributed by atoms with Crippen LogP contribution in [0.1, 0.15) is 30.2 Å². The number of hydrogen-bond acceptors (Lipinski definition) is 3. The fraction of sp³-hybridized carbons (Fsp3) is 0.600. The molecule has 1 aromatic heterocycles. The lowest BCUT2D eigenvalue weighted by atomic mass is 10.1. The molecule has 1 aromatic rings. The van der Waals surface area contributed by atoms with E-state index in [1.165, 1.54) is 0 Å². The normalized spacial score (nSPS) is 11.9. The lowest BCUT2D eigenvalue weighted by Gasteiger charge is -2.06. The summed E-state index contributed by atoms with van der Waals surface area (Å²) in [6.07, 6.45) is -2.84. The molecule has 0 saturated heterocycles. The minimum absolute atomic E-state index is 0.134. The summed E-state index contributed by atoms with van der Waals surface area (Å²) >= 11 is 0. The standard InChI is InChI=1S/C10H13F3N2O2/c1-6(2)3-8-15-7(4-17-8)9(16)14-5-10(11,12)13/h4,6H,3,5H2,1-2H3,(H,14,16). The molecule has 1 heterocycles. The number of carbonyl (C=O) groups is 1. The van der Waals surface area contributed by atoms with Gasteiger partial charge in [-0.1, -0.05) is 13.8 Å². The van der Waals surface area contributed by atoms with E-state index >= 15 is 0 Å². The number of oxazole rings is 1. The van der Waals surface area contributed by atoms with Gasteiger partial charge in [-0.3, -0.25) is 4.79 Å². The second-order valence-corrected chi connectivity index (χ2v) is 4.02. The van der Waals surface area contributed by atoms with Crippen molar-refractivity contribution in [3.05, 3.63) is 17.8 Å². The number of nitrogens with zero attached hydrogens (tertiary/aromatic N) is 1. The van der Waals surface area contributed by atoms with E-state index in [0.717, 1.165) is 6.26 Å². The van der Waals surface area contributed by atoms with E-state index < -0.39 is 18.6 Å². The molecular formula is C10H13F3N2O2. The molecule has 0 aliphatic carbocycles. The Labute approximate surface area is 96.2 Å². The maximum absolute atomic E-state index is 11.9. The number of halogens is 3. The van der Waals surface area contributed by atoms with Gasteiger partial charge < -0.3 is 9.73 Å². The van der Waals surface area contributed by atoms with Gasteiger partial charge in [-0.2, -0.15) is 13.2 Å². The van der Waals surface area contributed by atoms with Crippen LogP contribution in [-0.2, 0) is 6.42 Å². The third-order valence-electron chi connectivity index (χ3n) is 1.82. The molecule has 1 amide bonds.